The normalized spacial score (nSPS) is 12.0. The number of rotatable bonds is 9. The maximum absolute atomic E-state index is 11.8. The van der Waals surface area contributed by atoms with E-state index in [1.807, 2.05) is 12.1 Å². The number of methoxy groups -OCH3 is 2. The third kappa shape index (κ3) is 7.54. The van der Waals surface area contributed by atoms with Crippen molar-refractivity contribution in [2.75, 3.05) is 14.2 Å². The second-order valence-electron chi connectivity index (χ2n) is 15.1. The summed E-state index contributed by atoms with van der Waals surface area (Å²) in [7, 11) is 3.47. The Bertz CT molecular complexity index is 1730. The Hall–Kier alpha value is -3.92. The molecule has 2 N–H and O–H groups in total. The highest BCUT2D eigenvalue weighted by molar-refractivity contribution is 5.56. The third-order valence-electron chi connectivity index (χ3n) is 9.08. The van der Waals surface area contributed by atoms with Gasteiger partial charge in [-0.1, -0.05) is 108 Å². The molecular formula is C42H54O4. The van der Waals surface area contributed by atoms with Crippen LogP contribution in [0.4, 0.5) is 0 Å². The summed E-state index contributed by atoms with van der Waals surface area (Å²) in [4.78, 5) is 0. The average Bonchev–Trinajstić information content (AvgIpc) is 2.95. The van der Waals surface area contributed by atoms with E-state index in [2.05, 4.69) is 106 Å². The van der Waals surface area contributed by atoms with E-state index in [0.29, 0.717) is 25.0 Å². The number of hydrogen-bond donors (Lipinski definition) is 2. The summed E-state index contributed by atoms with van der Waals surface area (Å²) in [6, 6.07) is 17.1. The fraction of sp³-hybridized carbons (Fsp3) is 0.429. The van der Waals surface area contributed by atoms with Crippen molar-refractivity contribution in [3.05, 3.63) is 115 Å². The largest absolute Gasteiger partial charge is 0.507 e. The Labute approximate surface area is 277 Å². The molecule has 0 aliphatic carbocycles. The molecule has 0 saturated heterocycles. The van der Waals surface area contributed by atoms with Crippen LogP contribution in [0.25, 0.3) is 0 Å². The van der Waals surface area contributed by atoms with Crippen LogP contribution >= 0.6 is 0 Å². The number of phenols is 2. The molecule has 0 radical (unpaired) electrons. The van der Waals surface area contributed by atoms with E-state index in [4.69, 9.17) is 9.47 Å². The van der Waals surface area contributed by atoms with E-state index in [1.54, 1.807) is 14.2 Å². The molecule has 4 aromatic rings. The average molecular weight is 623 g/mol. The van der Waals surface area contributed by atoms with Crippen LogP contribution in [-0.2, 0) is 36.5 Å². The van der Waals surface area contributed by atoms with Crippen molar-refractivity contribution in [2.45, 2.75) is 106 Å². The van der Waals surface area contributed by atoms with Gasteiger partial charge in [-0.25, -0.2) is 0 Å². The van der Waals surface area contributed by atoms with Crippen molar-refractivity contribution in [3.8, 4) is 23.0 Å². The fourth-order valence-corrected chi connectivity index (χ4v) is 6.57. The van der Waals surface area contributed by atoms with Gasteiger partial charge in [0.25, 0.3) is 0 Å². The first-order valence-electron chi connectivity index (χ1n) is 16.5. The smallest absolute Gasteiger partial charge is 0.125 e. The summed E-state index contributed by atoms with van der Waals surface area (Å²) >= 11 is 0. The minimum Gasteiger partial charge on any atom is -0.507 e. The second kappa shape index (κ2) is 13.4. The number of ether oxygens (including phenoxy) is 2. The van der Waals surface area contributed by atoms with Gasteiger partial charge in [-0.15, -0.1) is 0 Å². The minimum absolute atomic E-state index is 0.00822. The molecule has 0 spiro atoms. The zero-order valence-electron chi connectivity index (χ0n) is 30.2. The maximum Gasteiger partial charge on any atom is 0.125 e. The van der Waals surface area contributed by atoms with Gasteiger partial charge in [-0.2, -0.15) is 0 Å². The van der Waals surface area contributed by atoms with Gasteiger partial charge >= 0.3 is 0 Å². The summed E-state index contributed by atoms with van der Waals surface area (Å²) in [6.07, 6.45) is 2.38. The number of aryl methyl sites for hydroxylation is 4. The Kier molecular flexibility index (Phi) is 10.2. The van der Waals surface area contributed by atoms with Crippen molar-refractivity contribution in [1.82, 2.24) is 0 Å². The minimum atomic E-state index is -0.130. The Morgan fingerprint density at radius 1 is 0.500 bits per heavy atom. The zero-order chi connectivity index (χ0) is 34.1. The number of phenolic OH excluding ortho intramolecular Hbond substituents is 2. The summed E-state index contributed by atoms with van der Waals surface area (Å²) in [5, 5.41) is 22.9. The zero-order valence-corrected chi connectivity index (χ0v) is 30.2. The van der Waals surface area contributed by atoms with Crippen LogP contribution in [-0.4, -0.2) is 24.4 Å². The van der Waals surface area contributed by atoms with E-state index in [-0.39, 0.29) is 16.6 Å². The van der Waals surface area contributed by atoms with Crippen LogP contribution in [0.5, 0.6) is 23.0 Å². The molecule has 0 amide bonds. The van der Waals surface area contributed by atoms with Gasteiger partial charge in [-0.05, 0) is 93.7 Å². The molecule has 0 aliphatic rings. The molecule has 0 atom stereocenters. The van der Waals surface area contributed by atoms with E-state index in [1.165, 1.54) is 5.56 Å². The van der Waals surface area contributed by atoms with E-state index >= 15 is 0 Å². The Morgan fingerprint density at radius 3 is 1.33 bits per heavy atom. The highest BCUT2D eigenvalue weighted by Gasteiger charge is 2.23. The van der Waals surface area contributed by atoms with Gasteiger partial charge in [0, 0.05) is 19.3 Å². The molecule has 0 saturated carbocycles. The predicted octanol–water partition coefficient (Wildman–Crippen LogP) is 9.97. The van der Waals surface area contributed by atoms with Gasteiger partial charge in [0.05, 0.1) is 14.2 Å². The van der Waals surface area contributed by atoms with Crippen LogP contribution < -0.4 is 9.47 Å². The van der Waals surface area contributed by atoms with Crippen molar-refractivity contribution < 1.29 is 19.7 Å². The molecular weight excluding hydrogens is 568 g/mol. The standard InChI is InChI=1S/C42H54O4/c1-13-28-14-25(2)15-29(37(28)43)19-30-22-36(42(8,9)10)23-31(38(30)44)20-32-16-26(3)17-33(40(32)46-12)21-34-24-35(41(5,6)7)18-27(4)39(34)45-11/h14-18,22-24,43-44H,13,19-21H2,1-12H3. The first kappa shape index (κ1) is 34.9. The van der Waals surface area contributed by atoms with E-state index < -0.39 is 0 Å². The molecule has 4 rings (SSSR count). The van der Waals surface area contributed by atoms with Crippen LogP contribution in [0, 0.1) is 20.8 Å². The number of hydrogen-bond acceptors (Lipinski definition) is 4. The lowest BCUT2D eigenvalue weighted by atomic mass is 9.82. The van der Waals surface area contributed by atoms with Gasteiger partial charge in [-0.3, -0.25) is 0 Å². The molecule has 46 heavy (non-hydrogen) atoms. The van der Waals surface area contributed by atoms with Crippen LogP contribution in [0.15, 0.2) is 48.5 Å². The van der Waals surface area contributed by atoms with Gasteiger partial charge in [0.2, 0.25) is 0 Å². The Morgan fingerprint density at radius 2 is 0.848 bits per heavy atom. The molecule has 0 aliphatic heterocycles. The molecule has 4 heteroatoms. The molecule has 246 valence electrons. The van der Waals surface area contributed by atoms with Crippen LogP contribution in [0.3, 0.4) is 0 Å². The first-order chi connectivity index (χ1) is 21.5. The summed E-state index contributed by atoms with van der Waals surface area (Å²) in [6.45, 7) is 21.6. The fourth-order valence-electron chi connectivity index (χ4n) is 6.57. The lowest BCUT2D eigenvalue weighted by Gasteiger charge is -2.24. The Balaban J connectivity index is 1.83. The molecule has 0 heterocycles. The van der Waals surface area contributed by atoms with Crippen molar-refractivity contribution in [2.24, 2.45) is 0 Å². The predicted molar refractivity (Wildman–Crippen MR) is 192 cm³/mol. The first-order valence-corrected chi connectivity index (χ1v) is 16.5. The summed E-state index contributed by atoms with van der Waals surface area (Å²) in [5.74, 6) is 2.33. The monoisotopic (exact) mass is 622 g/mol. The summed E-state index contributed by atoms with van der Waals surface area (Å²) < 4.78 is 12.0. The second-order valence-corrected chi connectivity index (χ2v) is 15.1. The van der Waals surface area contributed by atoms with E-state index in [0.717, 1.165) is 79.1 Å². The lowest BCUT2D eigenvalue weighted by molar-refractivity contribution is 0.400. The van der Waals surface area contributed by atoms with Gasteiger partial charge in [0.15, 0.2) is 0 Å². The quantitative estimate of drug-likeness (QED) is 0.195. The number of benzene rings is 4. The highest BCUT2D eigenvalue weighted by atomic mass is 16.5. The van der Waals surface area contributed by atoms with Gasteiger partial charge in [0.1, 0.15) is 23.0 Å². The lowest BCUT2D eigenvalue weighted by Crippen LogP contribution is -2.13. The highest BCUT2D eigenvalue weighted by Crippen LogP contribution is 2.39. The van der Waals surface area contributed by atoms with Crippen LogP contribution in [0.2, 0.25) is 0 Å². The maximum atomic E-state index is 11.8. The third-order valence-corrected chi connectivity index (χ3v) is 9.08. The number of aromatic hydroxyl groups is 2. The van der Waals surface area contributed by atoms with E-state index in [9.17, 15) is 10.2 Å². The van der Waals surface area contributed by atoms with Crippen molar-refractivity contribution >= 4 is 0 Å². The summed E-state index contributed by atoms with van der Waals surface area (Å²) in [5.41, 5.74) is 12.3. The topological polar surface area (TPSA) is 58.9 Å². The SMILES string of the molecule is CCc1cc(C)cc(Cc2cc(C(C)(C)C)cc(Cc3cc(C)cc(Cc4cc(C(C)(C)C)cc(C)c4OC)c3OC)c2O)c1O. The molecule has 4 aromatic carbocycles. The molecule has 0 bridgehead atoms. The van der Waals surface area contributed by atoms with Crippen LogP contribution in [0.1, 0.15) is 115 Å². The molecule has 0 unspecified atom stereocenters. The molecule has 4 nitrogen and oxygen atoms in total. The molecule has 0 aromatic heterocycles. The van der Waals surface area contributed by atoms with Gasteiger partial charge < -0.3 is 19.7 Å². The van der Waals surface area contributed by atoms with Crippen molar-refractivity contribution in [3.63, 3.8) is 0 Å². The molecule has 0 fully saturated rings. The van der Waals surface area contributed by atoms with Crippen molar-refractivity contribution in [1.29, 1.82) is 0 Å².